The number of hydrogen-bond donors (Lipinski definition) is 1. The van der Waals surface area contributed by atoms with Gasteiger partial charge in [-0.1, -0.05) is 13.0 Å². The molecule has 5 nitrogen and oxygen atoms in total. The van der Waals surface area contributed by atoms with Gasteiger partial charge in [-0.15, -0.1) is 0 Å². The smallest absolute Gasteiger partial charge is 0.308 e. The maximum atomic E-state index is 11.9. The van der Waals surface area contributed by atoms with Crippen LogP contribution in [-0.4, -0.2) is 42.1 Å². The number of carbonyl (C=O) groups is 2. The fourth-order valence-electron chi connectivity index (χ4n) is 2.18. The molecule has 1 aromatic carbocycles. The van der Waals surface area contributed by atoms with Crippen LogP contribution in [0.2, 0.25) is 0 Å². The number of ether oxygens (including phenoxy) is 1. The van der Waals surface area contributed by atoms with E-state index >= 15 is 0 Å². The highest BCUT2D eigenvalue weighted by molar-refractivity contribution is 5.91. The topological polar surface area (TPSA) is 66.8 Å². The molecule has 1 aliphatic rings. The Kier molecular flexibility index (Phi) is 4.62. The van der Waals surface area contributed by atoms with Crippen molar-refractivity contribution in [2.24, 2.45) is 5.92 Å². The zero-order chi connectivity index (χ0) is 15.4. The lowest BCUT2D eigenvalue weighted by Crippen LogP contribution is -2.32. The first-order chi connectivity index (χ1) is 9.97. The molecule has 5 heteroatoms. The number of carbonyl (C=O) groups excluding carboxylic acids is 1. The van der Waals surface area contributed by atoms with Gasteiger partial charge in [0.05, 0.1) is 12.5 Å². The molecule has 0 aliphatic carbocycles. The molecule has 0 saturated heterocycles. The van der Waals surface area contributed by atoms with Gasteiger partial charge in [0.2, 0.25) is 5.91 Å². The second kappa shape index (κ2) is 6.43. The van der Waals surface area contributed by atoms with Crippen LogP contribution >= 0.6 is 0 Å². The van der Waals surface area contributed by atoms with Gasteiger partial charge in [0.1, 0.15) is 5.75 Å². The quantitative estimate of drug-likeness (QED) is 0.840. The van der Waals surface area contributed by atoms with Crippen LogP contribution in [-0.2, 0) is 16.0 Å². The third-order valence-corrected chi connectivity index (χ3v) is 3.48. The molecule has 0 spiro atoms. The van der Waals surface area contributed by atoms with Crippen LogP contribution < -0.4 is 4.74 Å². The van der Waals surface area contributed by atoms with E-state index in [1.807, 2.05) is 18.2 Å². The van der Waals surface area contributed by atoms with Gasteiger partial charge in [0, 0.05) is 26.1 Å². The molecule has 2 rings (SSSR count). The van der Waals surface area contributed by atoms with Crippen molar-refractivity contribution < 1.29 is 19.4 Å². The molecular weight excluding hydrogens is 270 g/mol. The predicted molar refractivity (Wildman–Crippen MR) is 79.1 cm³/mol. The zero-order valence-corrected chi connectivity index (χ0v) is 12.2. The second-order valence-electron chi connectivity index (χ2n) is 5.26. The number of carboxylic acids is 1. The number of carboxylic acid groups (broad SMARTS) is 1. The maximum Gasteiger partial charge on any atom is 0.308 e. The molecule has 1 heterocycles. The summed E-state index contributed by atoms with van der Waals surface area (Å²) in [7, 11) is 1.60. The average Bonchev–Trinajstić information content (AvgIpc) is 2.91. The van der Waals surface area contributed by atoms with Gasteiger partial charge in [0.15, 0.2) is 0 Å². The Hall–Kier alpha value is -2.30. The third kappa shape index (κ3) is 3.84. The number of nitrogens with zero attached hydrogens (tertiary/aromatic N) is 1. The van der Waals surface area contributed by atoms with Crippen molar-refractivity contribution in [3.8, 4) is 5.75 Å². The Labute approximate surface area is 123 Å². The van der Waals surface area contributed by atoms with E-state index in [4.69, 9.17) is 9.84 Å². The molecule has 0 saturated carbocycles. The van der Waals surface area contributed by atoms with Gasteiger partial charge < -0.3 is 14.7 Å². The van der Waals surface area contributed by atoms with E-state index in [2.05, 4.69) is 0 Å². The van der Waals surface area contributed by atoms with E-state index in [0.717, 1.165) is 23.3 Å². The van der Waals surface area contributed by atoms with Gasteiger partial charge in [-0.3, -0.25) is 9.59 Å². The molecule has 1 aromatic rings. The maximum absolute atomic E-state index is 11.9. The van der Waals surface area contributed by atoms with E-state index in [0.29, 0.717) is 6.61 Å². The van der Waals surface area contributed by atoms with E-state index in [1.165, 1.54) is 11.0 Å². The summed E-state index contributed by atoms with van der Waals surface area (Å²) in [5.74, 6) is -0.785. The van der Waals surface area contributed by atoms with Gasteiger partial charge in [-0.25, -0.2) is 0 Å². The Morgan fingerprint density at radius 1 is 1.48 bits per heavy atom. The van der Waals surface area contributed by atoms with Crippen LogP contribution in [0, 0.1) is 5.92 Å². The predicted octanol–water partition coefficient (Wildman–Crippen LogP) is 1.81. The molecule has 1 atom stereocenters. The number of benzene rings is 1. The molecule has 0 bridgehead atoms. The minimum Gasteiger partial charge on any atom is -0.493 e. The van der Waals surface area contributed by atoms with E-state index in [-0.39, 0.29) is 12.5 Å². The van der Waals surface area contributed by atoms with Crippen molar-refractivity contribution in [1.82, 2.24) is 4.90 Å². The first-order valence-corrected chi connectivity index (χ1v) is 6.89. The SMILES string of the molecule is C[C@H](CN(C)C(=O)/C=C\c1ccc2c(c1)CCO2)C(=O)O. The van der Waals surface area contributed by atoms with E-state index in [1.54, 1.807) is 20.0 Å². The highest BCUT2D eigenvalue weighted by Crippen LogP contribution is 2.26. The van der Waals surface area contributed by atoms with Gasteiger partial charge in [-0.2, -0.15) is 0 Å². The van der Waals surface area contributed by atoms with Gasteiger partial charge in [0.25, 0.3) is 0 Å². The molecule has 21 heavy (non-hydrogen) atoms. The summed E-state index contributed by atoms with van der Waals surface area (Å²) in [6.45, 7) is 2.48. The first kappa shape index (κ1) is 15.1. The van der Waals surface area contributed by atoms with Crippen LogP contribution in [0.4, 0.5) is 0 Å². The molecule has 0 fully saturated rings. The molecule has 1 N–H and O–H groups in total. The summed E-state index contributed by atoms with van der Waals surface area (Å²) >= 11 is 0. The van der Waals surface area contributed by atoms with Gasteiger partial charge >= 0.3 is 5.97 Å². The summed E-state index contributed by atoms with van der Waals surface area (Å²) in [5.41, 5.74) is 2.09. The number of fused-ring (bicyclic) bond motifs is 1. The molecule has 0 unspecified atom stereocenters. The number of aliphatic carboxylic acids is 1. The largest absolute Gasteiger partial charge is 0.493 e. The van der Waals surface area contributed by atoms with Crippen molar-refractivity contribution in [3.05, 3.63) is 35.4 Å². The molecule has 1 amide bonds. The number of amides is 1. The minimum absolute atomic E-state index is 0.191. The Balaban J connectivity index is 1.97. The summed E-state index contributed by atoms with van der Waals surface area (Å²) < 4.78 is 5.43. The highest BCUT2D eigenvalue weighted by atomic mass is 16.5. The lowest BCUT2D eigenvalue weighted by atomic mass is 10.1. The summed E-state index contributed by atoms with van der Waals surface area (Å²) in [6.07, 6.45) is 4.09. The first-order valence-electron chi connectivity index (χ1n) is 6.89. The Morgan fingerprint density at radius 2 is 2.24 bits per heavy atom. The molecule has 112 valence electrons. The zero-order valence-electron chi connectivity index (χ0n) is 12.2. The van der Waals surface area contributed by atoms with Gasteiger partial charge in [-0.05, 0) is 29.3 Å². The fraction of sp³-hybridized carbons (Fsp3) is 0.375. The van der Waals surface area contributed by atoms with Crippen molar-refractivity contribution in [3.63, 3.8) is 0 Å². The van der Waals surface area contributed by atoms with Crippen molar-refractivity contribution in [1.29, 1.82) is 0 Å². The van der Waals surface area contributed by atoms with Crippen molar-refractivity contribution in [2.75, 3.05) is 20.2 Å². The minimum atomic E-state index is -0.905. The second-order valence-corrected chi connectivity index (χ2v) is 5.26. The van der Waals surface area contributed by atoms with Crippen LogP contribution in [0.3, 0.4) is 0 Å². The Morgan fingerprint density at radius 3 is 2.95 bits per heavy atom. The van der Waals surface area contributed by atoms with E-state index in [9.17, 15) is 9.59 Å². The molecular formula is C16H19NO4. The number of likely N-dealkylation sites (N-methyl/N-ethyl adjacent to an activating group) is 1. The Bertz CT molecular complexity index is 580. The summed E-state index contributed by atoms with van der Waals surface area (Å²) in [4.78, 5) is 24.1. The molecule has 1 aliphatic heterocycles. The van der Waals surface area contributed by atoms with Crippen LogP contribution in [0.1, 0.15) is 18.1 Å². The van der Waals surface area contributed by atoms with Crippen LogP contribution in [0.15, 0.2) is 24.3 Å². The average molecular weight is 289 g/mol. The standard InChI is InChI=1S/C16H19NO4/c1-11(16(19)20)10-17(2)15(18)6-4-12-3-5-14-13(9-12)7-8-21-14/h3-6,9,11H,7-8,10H2,1-2H3,(H,19,20)/b6-4-/t11-/m1/s1. The molecule has 0 radical (unpaired) electrons. The lowest BCUT2D eigenvalue weighted by molar-refractivity contribution is -0.142. The third-order valence-electron chi connectivity index (χ3n) is 3.48. The highest BCUT2D eigenvalue weighted by Gasteiger charge is 2.16. The van der Waals surface area contributed by atoms with Crippen LogP contribution in [0.5, 0.6) is 5.75 Å². The summed E-state index contributed by atoms with van der Waals surface area (Å²) in [6, 6.07) is 5.81. The normalized spacial score (nSPS) is 14.6. The van der Waals surface area contributed by atoms with Crippen LogP contribution in [0.25, 0.3) is 6.08 Å². The summed E-state index contributed by atoms with van der Waals surface area (Å²) in [5, 5.41) is 8.84. The van der Waals surface area contributed by atoms with Crippen molar-refractivity contribution >= 4 is 18.0 Å². The molecule has 0 aromatic heterocycles. The lowest BCUT2D eigenvalue weighted by Gasteiger charge is -2.17. The van der Waals surface area contributed by atoms with Crippen molar-refractivity contribution in [2.45, 2.75) is 13.3 Å². The monoisotopic (exact) mass is 289 g/mol. The fourth-order valence-corrected chi connectivity index (χ4v) is 2.18. The number of rotatable bonds is 5. The van der Waals surface area contributed by atoms with E-state index < -0.39 is 11.9 Å². The number of hydrogen-bond acceptors (Lipinski definition) is 3.